The van der Waals surface area contributed by atoms with Gasteiger partial charge in [-0.05, 0) is 35.4 Å². The van der Waals surface area contributed by atoms with Crippen LogP contribution in [0.5, 0.6) is 0 Å². The number of aromatic nitrogens is 6. The summed E-state index contributed by atoms with van der Waals surface area (Å²) in [6, 6.07) is 4.61. The van der Waals surface area contributed by atoms with E-state index in [1.54, 1.807) is 24.1 Å². The summed E-state index contributed by atoms with van der Waals surface area (Å²) >= 11 is 0. The van der Waals surface area contributed by atoms with Crippen LogP contribution in [0.1, 0.15) is 21.9 Å². The summed E-state index contributed by atoms with van der Waals surface area (Å²) in [5.41, 5.74) is 3.06. The maximum Gasteiger partial charge on any atom is 0.272 e. The fourth-order valence-corrected chi connectivity index (χ4v) is 2.87. The molecule has 4 rings (SSSR count). The lowest BCUT2D eigenvalue weighted by Crippen LogP contribution is -2.24. The number of carbonyl (C=O) groups excluding carboxylic acids is 1. The van der Waals surface area contributed by atoms with Crippen LogP contribution in [-0.2, 0) is 13.6 Å². The molecule has 0 saturated heterocycles. The SMILES string of the molecule is C=Cc1nc2ncnc(C(=O)NCc3cc(F)cc(-c4cnn(C)c4)c3)c2[nH]1. The Morgan fingerprint density at radius 1 is 1.32 bits per heavy atom. The van der Waals surface area contributed by atoms with Crippen LogP contribution >= 0.6 is 0 Å². The van der Waals surface area contributed by atoms with Crippen LogP contribution in [0, 0.1) is 5.82 Å². The van der Waals surface area contributed by atoms with Gasteiger partial charge >= 0.3 is 0 Å². The summed E-state index contributed by atoms with van der Waals surface area (Å²) in [7, 11) is 1.79. The number of hydrogen-bond acceptors (Lipinski definition) is 5. The van der Waals surface area contributed by atoms with Gasteiger partial charge in [0.2, 0.25) is 0 Å². The fraction of sp³-hybridized carbons (Fsp3) is 0.105. The van der Waals surface area contributed by atoms with Crippen LogP contribution in [0.15, 0.2) is 43.5 Å². The van der Waals surface area contributed by atoms with Crippen LogP contribution in [-0.4, -0.2) is 35.6 Å². The maximum atomic E-state index is 14.0. The van der Waals surface area contributed by atoms with E-state index in [9.17, 15) is 9.18 Å². The number of rotatable bonds is 5. The molecular formula is C19H16FN7O. The van der Waals surface area contributed by atoms with Gasteiger partial charge in [0, 0.05) is 25.4 Å². The van der Waals surface area contributed by atoms with Crippen molar-refractivity contribution in [2.24, 2.45) is 7.05 Å². The second-order valence-corrected chi connectivity index (χ2v) is 6.18. The van der Waals surface area contributed by atoms with Gasteiger partial charge in [0.1, 0.15) is 23.5 Å². The Balaban J connectivity index is 1.56. The highest BCUT2D eigenvalue weighted by molar-refractivity contribution is 6.02. The molecule has 0 spiro atoms. The summed E-state index contributed by atoms with van der Waals surface area (Å²) in [5.74, 6) is -0.311. The van der Waals surface area contributed by atoms with E-state index >= 15 is 0 Å². The highest BCUT2D eigenvalue weighted by Crippen LogP contribution is 2.21. The van der Waals surface area contributed by atoms with Gasteiger partial charge in [-0.25, -0.2) is 19.3 Å². The molecule has 28 heavy (non-hydrogen) atoms. The van der Waals surface area contributed by atoms with Crippen LogP contribution in [0.25, 0.3) is 28.4 Å². The third kappa shape index (κ3) is 3.37. The normalized spacial score (nSPS) is 10.9. The molecule has 0 fully saturated rings. The number of carbonyl (C=O) groups is 1. The Morgan fingerprint density at radius 3 is 2.93 bits per heavy atom. The lowest BCUT2D eigenvalue weighted by molar-refractivity contribution is 0.0947. The topological polar surface area (TPSA) is 101 Å². The van der Waals surface area contributed by atoms with Gasteiger partial charge in [0.05, 0.1) is 6.20 Å². The number of imidazole rings is 1. The molecule has 2 N–H and O–H groups in total. The second kappa shape index (κ2) is 7.03. The van der Waals surface area contributed by atoms with Crippen molar-refractivity contribution < 1.29 is 9.18 Å². The standard InChI is InChI=1S/C19H16FN7O/c1-3-15-25-16-17(22-10-23-18(16)26-15)19(28)21-7-11-4-12(6-14(20)5-11)13-8-24-27(2)9-13/h3-6,8-10H,1,7H2,2H3,(H,21,28)(H,22,23,25,26). The van der Waals surface area contributed by atoms with Crippen LogP contribution in [0.4, 0.5) is 4.39 Å². The molecule has 0 radical (unpaired) electrons. The summed E-state index contributed by atoms with van der Waals surface area (Å²) < 4.78 is 15.7. The zero-order chi connectivity index (χ0) is 19.7. The largest absolute Gasteiger partial charge is 0.347 e. The van der Waals surface area contributed by atoms with E-state index in [1.807, 2.05) is 6.07 Å². The summed E-state index contributed by atoms with van der Waals surface area (Å²) in [5, 5.41) is 6.85. The van der Waals surface area contributed by atoms with Gasteiger partial charge in [0.25, 0.3) is 5.91 Å². The number of benzene rings is 1. The zero-order valence-electron chi connectivity index (χ0n) is 15.0. The average molecular weight is 377 g/mol. The number of H-pyrrole nitrogens is 1. The summed E-state index contributed by atoms with van der Waals surface area (Å²) in [6.07, 6.45) is 6.25. The smallest absolute Gasteiger partial charge is 0.272 e. The summed E-state index contributed by atoms with van der Waals surface area (Å²) in [4.78, 5) is 27.8. The van der Waals surface area contributed by atoms with Crippen molar-refractivity contribution in [1.29, 1.82) is 0 Å². The van der Waals surface area contributed by atoms with E-state index in [0.29, 0.717) is 28.1 Å². The molecule has 0 aliphatic carbocycles. The predicted molar refractivity (Wildman–Crippen MR) is 102 cm³/mol. The Labute approximate surface area is 159 Å². The molecule has 140 valence electrons. The van der Waals surface area contributed by atoms with Crippen molar-refractivity contribution in [1.82, 2.24) is 35.0 Å². The molecule has 3 aromatic heterocycles. The number of hydrogen-bond donors (Lipinski definition) is 2. The van der Waals surface area contributed by atoms with E-state index < -0.39 is 5.91 Å². The zero-order valence-corrected chi connectivity index (χ0v) is 15.0. The van der Waals surface area contributed by atoms with E-state index in [2.05, 4.69) is 36.9 Å². The monoisotopic (exact) mass is 377 g/mol. The molecule has 4 aromatic rings. The Bertz CT molecular complexity index is 1190. The molecular weight excluding hydrogens is 361 g/mol. The molecule has 9 heteroatoms. The van der Waals surface area contributed by atoms with Gasteiger partial charge in [0.15, 0.2) is 11.3 Å². The molecule has 0 unspecified atom stereocenters. The van der Waals surface area contributed by atoms with Crippen molar-refractivity contribution >= 4 is 23.1 Å². The molecule has 0 atom stereocenters. The number of halogens is 1. The quantitative estimate of drug-likeness (QED) is 0.556. The number of nitrogens with one attached hydrogen (secondary N) is 2. The summed E-state index contributed by atoms with van der Waals surface area (Å²) in [6.45, 7) is 3.77. The van der Waals surface area contributed by atoms with E-state index in [4.69, 9.17) is 0 Å². The maximum absolute atomic E-state index is 14.0. The lowest BCUT2D eigenvalue weighted by Gasteiger charge is -2.07. The molecule has 3 heterocycles. The second-order valence-electron chi connectivity index (χ2n) is 6.18. The van der Waals surface area contributed by atoms with Crippen molar-refractivity contribution in [2.75, 3.05) is 0 Å². The first-order chi connectivity index (χ1) is 13.5. The Kier molecular flexibility index (Phi) is 4.40. The van der Waals surface area contributed by atoms with Crippen molar-refractivity contribution in [3.63, 3.8) is 0 Å². The Morgan fingerprint density at radius 2 is 2.18 bits per heavy atom. The molecule has 8 nitrogen and oxygen atoms in total. The van der Waals surface area contributed by atoms with E-state index in [0.717, 1.165) is 5.56 Å². The van der Waals surface area contributed by atoms with E-state index in [1.165, 1.54) is 24.5 Å². The van der Waals surface area contributed by atoms with Gasteiger partial charge in [-0.2, -0.15) is 5.10 Å². The van der Waals surface area contributed by atoms with Crippen molar-refractivity contribution in [3.05, 3.63) is 66.4 Å². The number of aromatic amines is 1. The van der Waals surface area contributed by atoms with Gasteiger partial charge in [-0.3, -0.25) is 9.48 Å². The minimum absolute atomic E-state index is 0.137. The third-order valence-electron chi connectivity index (χ3n) is 4.16. The third-order valence-corrected chi connectivity index (χ3v) is 4.16. The van der Waals surface area contributed by atoms with Crippen molar-refractivity contribution in [2.45, 2.75) is 6.54 Å². The molecule has 0 aliphatic rings. The van der Waals surface area contributed by atoms with Crippen LogP contribution in [0.3, 0.4) is 0 Å². The van der Waals surface area contributed by atoms with Crippen LogP contribution in [0.2, 0.25) is 0 Å². The first-order valence-corrected chi connectivity index (χ1v) is 8.43. The van der Waals surface area contributed by atoms with Gasteiger partial charge in [-0.15, -0.1) is 0 Å². The average Bonchev–Trinajstić information content (AvgIpc) is 3.31. The highest BCUT2D eigenvalue weighted by atomic mass is 19.1. The molecule has 1 aromatic carbocycles. The van der Waals surface area contributed by atoms with Crippen LogP contribution < -0.4 is 5.32 Å². The van der Waals surface area contributed by atoms with Gasteiger partial charge < -0.3 is 10.3 Å². The first-order valence-electron chi connectivity index (χ1n) is 8.43. The number of amides is 1. The molecule has 1 amide bonds. The first kappa shape index (κ1) is 17.5. The number of nitrogens with zero attached hydrogens (tertiary/aromatic N) is 5. The fourth-order valence-electron chi connectivity index (χ4n) is 2.87. The molecule has 0 bridgehead atoms. The minimum Gasteiger partial charge on any atom is -0.347 e. The number of aryl methyl sites for hydroxylation is 1. The Hall–Kier alpha value is -3.88. The van der Waals surface area contributed by atoms with E-state index in [-0.39, 0.29) is 18.1 Å². The van der Waals surface area contributed by atoms with Crippen molar-refractivity contribution in [3.8, 4) is 11.1 Å². The molecule has 0 saturated carbocycles. The minimum atomic E-state index is -0.418. The predicted octanol–water partition coefficient (Wildman–Crippen LogP) is 2.47. The lowest BCUT2D eigenvalue weighted by atomic mass is 10.1. The van der Waals surface area contributed by atoms with Gasteiger partial charge in [-0.1, -0.05) is 6.58 Å². The highest BCUT2D eigenvalue weighted by Gasteiger charge is 2.15. The molecule has 0 aliphatic heterocycles. The number of fused-ring (bicyclic) bond motifs is 1.